The second kappa shape index (κ2) is 8.82. The number of benzene rings is 2. The van der Waals surface area contributed by atoms with Crippen molar-refractivity contribution in [3.8, 4) is 5.75 Å². The van der Waals surface area contributed by atoms with E-state index >= 15 is 0 Å². The summed E-state index contributed by atoms with van der Waals surface area (Å²) in [6.07, 6.45) is 2.39. The van der Waals surface area contributed by atoms with Crippen molar-refractivity contribution in [1.82, 2.24) is 15.5 Å². The molecule has 1 saturated carbocycles. The number of hydrogen-bond acceptors (Lipinski definition) is 6. The Hall–Kier alpha value is -3.06. The Bertz CT molecular complexity index is 1140. The molecule has 166 valence electrons. The maximum atomic E-state index is 12.7. The molecule has 1 aliphatic carbocycles. The molecule has 1 N–H and O–H groups in total. The minimum atomic E-state index is -0.148. The first-order chi connectivity index (χ1) is 15.6. The van der Waals surface area contributed by atoms with Gasteiger partial charge in [-0.15, -0.1) is 10.2 Å². The summed E-state index contributed by atoms with van der Waals surface area (Å²) in [6, 6.07) is 13.6. The van der Waals surface area contributed by atoms with E-state index in [0.29, 0.717) is 23.2 Å². The van der Waals surface area contributed by atoms with Gasteiger partial charge in [-0.2, -0.15) is 0 Å². The molecule has 32 heavy (non-hydrogen) atoms. The van der Waals surface area contributed by atoms with Crippen LogP contribution in [0.25, 0.3) is 10.8 Å². The number of fused-ring (bicyclic) bond motifs is 1. The average molecular weight is 452 g/mol. The molecule has 8 heteroatoms. The van der Waals surface area contributed by atoms with Gasteiger partial charge in [-0.05, 0) is 37.0 Å². The highest BCUT2D eigenvalue weighted by Gasteiger charge is 2.26. The maximum Gasteiger partial charge on any atom is 0.272 e. The van der Waals surface area contributed by atoms with Crippen LogP contribution in [0, 0.1) is 5.92 Å². The van der Waals surface area contributed by atoms with Crippen LogP contribution < -0.4 is 19.9 Å². The van der Waals surface area contributed by atoms with Crippen molar-refractivity contribution in [2.75, 3.05) is 49.6 Å². The highest BCUT2D eigenvalue weighted by Crippen LogP contribution is 2.33. The molecule has 0 atom stereocenters. The fraction of sp³-hybridized carbons (Fsp3) is 0.375. The smallest absolute Gasteiger partial charge is 0.272 e. The number of carbonyl (C=O) groups is 1. The Morgan fingerprint density at radius 2 is 1.78 bits per heavy atom. The van der Waals surface area contributed by atoms with Crippen molar-refractivity contribution >= 4 is 39.8 Å². The van der Waals surface area contributed by atoms with Gasteiger partial charge >= 0.3 is 0 Å². The fourth-order valence-corrected chi connectivity index (χ4v) is 4.37. The number of rotatable bonds is 6. The number of ether oxygens (including phenoxy) is 1. The molecular formula is C24H26ClN5O2. The number of carbonyl (C=O) groups excluding carboxylic acids is 1. The van der Waals surface area contributed by atoms with Crippen LogP contribution in [0.3, 0.4) is 0 Å². The monoisotopic (exact) mass is 451 g/mol. The van der Waals surface area contributed by atoms with Gasteiger partial charge in [0.1, 0.15) is 5.75 Å². The van der Waals surface area contributed by atoms with Gasteiger partial charge in [-0.3, -0.25) is 4.79 Å². The minimum Gasteiger partial charge on any atom is -0.495 e. The molecule has 2 fully saturated rings. The van der Waals surface area contributed by atoms with Crippen molar-refractivity contribution in [1.29, 1.82) is 0 Å². The molecule has 5 rings (SSSR count). The molecule has 2 aromatic carbocycles. The van der Waals surface area contributed by atoms with Crippen molar-refractivity contribution < 1.29 is 9.53 Å². The zero-order valence-corrected chi connectivity index (χ0v) is 18.8. The fourth-order valence-electron chi connectivity index (χ4n) is 4.20. The van der Waals surface area contributed by atoms with Crippen molar-refractivity contribution in [2.24, 2.45) is 5.92 Å². The number of halogens is 1. The van der Waals surface area contributed by atoms with Crippen molar-refractivity contribution in [2.45, 2.75) is 12.8 Å². The Balaban J connectivity index is 1.36. The van der Waals surface area contributed by atoms with E-state index in [1.54, 1.807) is 7.11 Å². The lowest BCUT2D eigenvalue weighted by molar-refractivity contribution is 0.0947. The Morgan fingerprint density at radius 1 is 1.06 bits per heavy atom. The third-order valence-corrected chi connectivity index (χ3v) is 6.43. The molecule has 0 bridgehead atoms. The topological polar surface area (TPSA) is 70.6 Å². The SMILES string of the molecule is COc1ccc(Cl)cc1N1CCN(c2nnc(C(=O)NCC3CC3)c3ccccc23)CC1. The van der Waals surface area contributed by atoms with Crippen LogP contribution in [0.4, 0.5) is 11.5 Å². The third-order valence-electron chi connectivity index (χ3n) is 6.19. The van der Waals surface area contributed by atoms with Crippen LogP contribution in [0.1, 0.15) is 23.3 Å². The second-order valence-electron chi connectivity index (χ2n) is 8.36. The average Bonchev–Trinajstić information content (AvgIpc) is 3.66. The predicted molar refractivity (Wildman–Crippen MR) is 127 cm³/mol. The number of methoxy groups -OCH3 is 1. The van der Waals surface area contributed by atoms with E-state index in [1.165, 1.54) is 12.8 Å². The van der Waals surface area contributed by atoms with E-state index in [4.69, 9.17) is 16.3 Å². The summed E-state index contributed by atoms with van der Waals surface area (Å²) in [6.45, 7) is 3.88. The summed E-state index contributed by atoms with van der Waals surface area (Å²) in [5.74, 6) is 2.10. The first-order valence-electron chi connectivity index (χ1n) is 11.0. The van der Waals surface area contributed by atoms with E-state index < -0.39 is 0 Å². The van der Waals surface area contributed by atoms with Crippen LogP contribution in [0.2, 0.25) is 5.02 Å². The summed E-state index contributed by atoms with van der Waals surface area (Å²) in [5, 5.41) is 14.3. The lowest BCUT2D eigenvalue weighted by Gasteiger charge is -2.37. The Kier molecular flexibility index (Phi) is 5.74. The summed E-state index contributed by atoms with van der Waals surface area (Å²) >= 11 is 6.22. The molecular weight excluding hydrogens is 426 g/mol. The van der Waals surface area contributed by atoms with Crippen LogP contribution in [0.5, 0.6) is 5.75 Å². The van der Waals surface area contributed by atoms with Gasteiger partial charge in [0.2, 0.25) is 0 Å². The zero-order valence-electron chi connectivity index (χ0n) is 18.1. The first-order valence-corrected chi connectivity index (χ1v) is 11.4. The molecule has 0 radical (unpaired) electrons. The number of hydrogen-bond donors (Lipinski definition) is 1. The highest BCUT2D eigenvalue weighted by atomic mass is 35.5. The van der Waals surface area contributed by atoms with E-state index in [2.05, 4.69) is 25.3 Å². The quantitative estimate of drug-likeness (QED) is 0.615. The molecule has 0 unspecified atom stereocenters. The molecule has 2 aliphatic rings. The van der Waals surface area contributed by atoms with E-state index in [0.717, 1.165) is 54.2 Å². The normalized spacial score (nSPS) is 16.3. The standard InChI is InChI=1S/C24H26ClN5O2/c1-32-21-9-8-17(25)14-20(21)29-10-12-30(13-11-29)23-19-5-3-2-4-18(19)22(27-28-23)24(31)26-15-16-6-7-16/h2-5,8-9,14,16H,6-7,10-13,15H2,1H3,(H,26,31). The van der Waals surface area contributed by atoms with Crippen LogP contribution >= 0.6 is 11.6 Å². The van der Waals surface area contributed by atoms with E-state index in [-0.39, 0.29) is 5.91 Å². The Morgan fingerprint density at radius 3 is 2.50 bits per heavy atom. The predicted octanol–water partition coefficient (Wildman–Crippen LogP) is 3.76. The summed E-state index contributed by atoms with van der Waals surface area (Å²) in [7, 11) is 1.67. The minimum absolute atomic E-state index is 0.148. The first kappa shape index (κ1) is 20.8. The summed E-state index contributed by atoms with van der Waals surface area (Å²) in [5.41, 5.74) is 1.39. The molecule has 3 aromatic rings. The lowest BCUT2D eigenvalue weighted by Crippen LogP contribution is -2.47. The highest BCUT2D eigenvalue weighted by molar-refractivity contribution is 6.31. The molecule has 7 nitrogen and oxygen atoms in total. The van der Waals surface area contributed by atoms with Gasteiger partial charge in [0.25, 0.3) is 5.91 Å². The third kappa shape index (κ3) is 4.17. The number of nitrogens with one attached hydrogen (secondary N) is 1. The lowest BCUT2D eigenvalue weighted by atomic mass is 10.1. The van der Waals surface area contributed by atoms with E-state index in [9.17, 15) is 4.79 Å². The molecule has 2 heterocycles. The number of anilines is 2. The van der Waals surface area contributed by atoms with Gasteiger partial charge in [0, 0.05) is 48.5 Å². The van der Waals surface area contributed by atoms with Gasteiger partial charge in [0.05, 0.1) is 12.8 Å². The molecule has 1 amide bonds. The maximum absolute atomic E-state index is 12.7. The molecule has 0 spiro atoms. The van der Waals surface area contributed by atoms with Crippen LogP contribution in [-0.2, 0) is 0 Å². The summed E-state index contributed by atoms with van der Waals surface area (Å²) in [4.78, 5) is 17.2. The van der Waals surface area contributed by atoms with Crippen molar-refractivity contribution in [3.63, 3.8) is 0 Å². The molecule has 1 aromatic heterocycles. The zero-order chi connectivity index (χ0) is 22.1. The van der Waals surface area contributed by atoms with Crippen LogP contribution in [-0.4, -0.2) is 55.9 Å². The van der Waals surface area contributed by atoms with Crippen molar-refractivity contribution in [3.05, 3.63) is 53.2 Å². The van der Waals surface area contributed by atoms with Gasteiger partial charge in [-0.25, -0.2) is 0 Å². The summed E-state index contributed by atoms with van der Waals surface area (Å²) < 4.78 is 5.52. The molecule has 1 aliphatic heterocycles. The van der Waals surface area contributed by atoms with Crippen LogP contribution in [0.15, 0.2) is 42.5 Å². The van der Waals surface area contributed by atoms with Gasteiger partial charge in [0.15, 0.2) is 11.5 Å². The number of nitrogens with zero attached hydrogens (tertiary/aromatic N) is 4. The van der Waals surface area contributed by atoms with E-state index in [1.807, 2.05) is 42.5 Å². The molecule has 1 saturated heterocycles. The number of aromatic nitrogens is 2. The van der Waals surface area contributed by atoms with Gasteiger partial charge < -0.3 is 19.9 Å². The second-order valence-corrected chi connectivity index (χ2v) is 8.80. The number of piperazine rings is 1. The Labute approximate surface area is 192 Å². The number of amides is 1. The largest absolute Gasteiger partial charge is 0.495 e. The van der Waals surface area contributed by atoms with Gasteiger partial charge in [-0.1, -0.05) is 35.9 Å².